The van der Waals surface area contributed by atoms with E-state index in [2.05, 4.69) is 136 Å². The number of benzene rings is 1. The first-order chi connectivity index (χ1) is 25.0. The van der Waals surface area contributed by atoms with Gasteiger partial charge >= 0.3 is 0 Å². The van der Waals surface area contributed by atoms with Crippen molar-refractivity contribution in [3.8, 4) is 12.3 Å². The maximum atomic E-state index is 5.25. The predicted octanol–water partition coefficient (Wildman–Crippen LogP) is 17.7. The average molecular weight is 722 g/mol. The number of terminal acetylenes is 1. The lowest BCUT2D eigenvalue weighted by Gasteiger charge is -2.28. The van der Waals surface area contributed by atoms with Gasteiger partial charge in [0.05, 0.1) is 0 Å². The van der Waals surface area contributed by atoms with Crippen LogP contribution in [0.15, 0.2) is 71.5 Å². The van der Waals surface area contributed by atoms with Crippen LogP contribution >= 0.6 is 0 Å². The molecule has 1 heteroatoms. The molecule has 0 heterocycles. The Morgan fingerprint density at radius 2 is 1.23 bits per heavy atom. The van der Waals surface area contributed by atoms with Gasteiger partial charge in [-0.25, -0.2) is 0 Å². The molecule has 0 aliphatic heterocycles. The van der Waals surface area contributed by atoms with E-state index in [0.29, 0.717) is 0 Å². The zero-order chi connectivity index (χ0) is 41.9. The van der Waals surface area contributed by atoms with Gasteiger partial charge in [-0.05, 0) is 113 Å². The van der Waals surface area contributed by atoms with Gasteiger partial charge in [0.25, 0.3) is 0 Å². The van der Waals surface area contributed by atoms with Crippen LogP contribution in [0.3, 0.4) is 0 Å². The third kappa shape index (κ3) is 35.7. The molecule has 1 atom stereocenters. The standard InChI is InChI=1S/C13H23N.C11H14.C9H10.C7H16.C3H8.4C2H6/c1-4-10-14(11-5-2)13-9-7-6-8-12(13)3;1-8(2)11-6-5-9(3)10(4)7-11;1-3-9-7-5-4-6-8(9)2;1-4-6-7(3)5-2;1-3-2;4*1-2/h7,9H,4-6,8,10-11H2,1-3H3;5-7H,1H2,2-4H3;1,4,6H,5,7H2,2H3;7H,4-6H2,1-3H3;3H2,1-2H3;4*1-2H3. The first kappa shape index (κ1) is 61.3. The summed E-state index contributed by atoms with van der Waals surface area (Å²) in [5, 5.41) is 0. The van der Waals surface area contributed by atoms with E-state index in [1.165, 1.54) is 92.4 Å². The molecule has 0 saturated heterocycles. The van der Waals surface area contributed by atoms with E-state index in [9.17, 15) is 0 Å². The monoisotopic (exact) mass is 722 g/mol. The van der Waals surface area contributed by atoms with Gasteiger partial charge in [0.15, 0.2) is 0 Å². The summed E-state index contributed by atoms with van der Waals surface area (Å²) in [5.74, 6) is 3.63. The van der Waals surface area contributed by atoms with Crippen molar-refractivity contribution in [1.82, 2.24) is 4.90 Å². The Labute approximate surface area is 331 Å². The largest absolute Gasteiger partial charge is 0.372 e. The van der Waals surface area contributed by atoms with Crippen molar-refractivity contribution in [2.24, 2.45) is 5.92 Å². The van der Waals surface area contributed by atoms with E-state index in [1.807, 2.05) is 62.3 Å². The average Bonchev–Trinajstić information content (AvgIpc) is 3.17. The van der Waals surface area contributed by atoms with Crippen LogP contribution in [0.25, 0.3) is 5.57 Å². The lowest BCUT2D eigenvalue weighted by Crippen LogP contribution is -2.25. The van der Waals surface area contributed by atoms with Crippen LogP contribution < -0.4 is 0 Å². The fourth-order valence-electron chi connectivity index (χ4n) is 4.71. The molecule has 0 spiro atoms. The molecule has 304 valence electrons. The summed E-state index contributed by atoms with van der Waals surface area (Å²) < 4.78 is 0. The molecule has 3 rings (SSSR count). The number of hydrogen-bond acceptors (Lipinski definition) is 1. The zero-order valence-corrected chi connectivity index (χ0v) is 39.3. The van der Waals surface area contributed by atoms with Crippen LogP contribution in [0.1, 0.15) is 206 Å². The molecule has 1 nitrogen and oxygen atoms in total. The van der Waals surface area contributed by atoms with Crippen molar-refractivity contribution in [1.29, 1.82) is 0 Å². The molecule has 1 aromatic carbocycles. The Balaban J connectivity index is -0.000000127. The van der Waals surface area contributed by atoms with Gasteiger partial charge < -0.3 is 4.90 Å². The van der Waals surface area contributed by atoms with Gasteiger partial charge in [0.1, 0.15) is 0 Å². The van der Waals surface area contributed by atoms with E-state index < -0.39 is 0 Å². The van der Waals surface area contributed by atoms with Crippen LogP contribution in [0.5, 0.6) is 0 Å². The van der Waals surface area contributed by atoms with Crippen LogP contribution in [0, 0.1) is 32.1 Å². The van der Waals surface area contributed by atoms with Gasteiger partial charge in [-0.15, -0.1) is 6.42 Å². The molecule has 1 unspecified atom stereocenters. The first-order valence-electron chi connectivity index (χ1n) is 21.6. The molecule has 0 N–H and O–H groups in total. The van der Waals surface area contributed by atoms with Gasteiger partial charge in [0, 0.05) is 24.4 Å². The molecule has 2 aliphatic rings. The number of nitrogens with zero attached hydrogens (tertiary/aromatic N) is 1. The highest BCUT2D eigenvalue weighted by Crippen LogP contribution is 2.22. The molecule has 0 saturated carbocycles. The third-order valence-electron chi connectivity index (χ3n) is 7.78. The van der Waals surface area contributed by atoms with Crippen LogP contribution in [0.2, 0.25) is 0 Å². The summed E-state index contributed by atoms with van der Waals surface area (Å²) >= 11 is 0. The summed E-state index contributed by atoms with van der Waals surface area (Å²) in [6.07, 6.45) is 26.6. The van der Waals surface area contributed by atoms with Crippen LogP contribution in [0.4, 0.5) is 0 Å². The van der Waals surface area contributed by atoms with E-state index >= 15 is 0 Å². The molecule has 1 aromatic rings. The van der Waals surface area contributed by atoms with E-state index in [-0.39, 0.29) is 0 Å². The molecule has 0 amide bonds. The Kier molecular flexibility index (Phi) is 56.9. The lowest BCUT2D eigenvalue weighted by atomic mass is 10.00. The highest BCUT2D eigenvalue weighted by atomic mass is 15.1. The second-order valence-corrected chi connectivity index (χ2v) is 12.4. The second kappa shape index (κ2) is 48.3. The highest BCUT2D eigenvalue weighted by Gasteiger charge is 2.10. The Bertz CT molecular complexity index is 1060. The lowest BCUT2D eigenvalue weighted by molar-refractivity contribution is 0.349. The third-order valence-corrected chi connectivity index (χ3v) is 7.78. The summed E-state index contributed by atoms with van der Waals surface area (Å²) in [6.45, 7) is 48.5. The summed E-state index contributed by atoms with van der Waals surface area (Å²) in [7, 11) is 0. The molecule has 0 aromatic heterocycles. The van der Waals surface area contributed by atoms with Crippen LogP contribution in [-0.4, -0.2) is 18.0 Å². The van der Waals surface area contributed by atoms with E-state index in [4.69, 9.17) is 6.42 Å². The zero-order valence-electron chi connectivity index (χ0n) is 39.3. The number of allylic oxidation sites excluding steroid dienone is 8. The Morgan fingerprint density at radius 1 is 0.750 bits per heavy atom. The molecular weight excluding hydrogens is 627 g/mol. The van der Waals surface area contributed by atoms with E-state index in [1.54, 1.807) is 5.57 Å². The minimum Gasteiger partial charge on any atom is -0.372 e. The minimum atomic E-state index is 0.949. The Morgan fingerprint density at radius 3 is 1.56 bits per heavy atom. The molecule has 0 bridgehead atoms. The Hall–Kier alpha value is -2.72. The maximum absolute atomic E-state index is 5.25. The summed E-state index contributed by atoms with van der Waals surface area (Å²) in [4.78, 5) is 2.53. The fourth-order valence-corrected chi connectivity index (χ4v) is 4.71. The smallest absolute Gasteiger partial charge is 0.0352 e. The highest BCUT2D eigenvalue weighted by molar-refractivity contribution is 5.62. The number of aryl methyl sites for hydroxylation is 2. The van der Waals surface area contributed by atoms with Crippen molar-refractivity contribution in [3.63, 3.8) is 0 Å². The quantitative estimate of drug-likeness (QED) is 0.230. The first-order valence-corrected chi connectivity index (χ1v) is 21.6. The molecular formula is C51H95N. The van der Waals surface area contributed by atoms with Gasteiger partial charge in [-0.2, -0.15) is 0 Å². The van der Waals surface area contributed by atoms with Crippen molar-refractivity contribution in [3.05, 3.63) is 88.2 Å². The van der Waals surface area contributed by atoms with E-state index in [0.717, 1.165) is 29.9 Å². The second-order valence-electron chi connectivity index (χ2n) is 12.4. The molecule has 2 aliphatic carbocycles. The van der Waals surface area contributed by atoms with Gasteiger partial charge in [-0.3, -0.25) is 0 Å². The molecule has 0 radical (unpaired) electrons. The minimum absolute atomic E-state index is 0.949. The topological polar surface area (TPSA) is 3.24 Å². The maximum Gasteiger partial charge on any atom is 0.0352 e. The normalized spacial score (nSPS) is 12.2. The summed E-state index contributed by atoms with van der Waals surface area (Å²) in [6, 6.07) is 6.43. The molecule has 0 fully saturated rings. The molecule has 52 heavy (non-hydrogen) atoms. The number of hydrogen-bond donors (Lipinski definition) is 0. The fraction of sp³-hybridized carbons (Fsp3) is 0.647. The predicted molar refractivity (Wildman–Crippen MR) is 249 cm³/mol. The van der Waals surface area contributed by atoms with Gasteiger partial charge in [0.2, 0.25) is 0 Å². The summed E-state index contributed by atoms with van der Waals surface area (Å²) in [5.41, 5.74) is 10.5. The van der Waals surface area contributed by atoms with Crippen molar-refractivity contribution in [2.75, 3.05) is 13.1 Å². The van der Waals surface area contributed by atoms with Crippen molar-refractivity contribution < 1.29 is 0 Å². The van der Waals surface area contributed by atoms with Crippen molar-refractivity contribution in [2.45, 2.75) is 203 Å². The van der Waals surface area contributed by atoms with Crippen LogP contribution in [-0.2, 0) is 0 Å². The van der Waals surface area contributed by atoms with Gasteiger partial charge in [-0.1, -0.05) is 184 Å². The number of rotatable bonds is 9. The van der Waals surface area contributed by atoms with Crippen molar-refractivity contribution >= 4 is 5.57 Å². The SMILES string of the molecule is C#CC1=C(C)C=CCC1.C=C(C)c1ccc(C)c(C)c1.CC.CC.CC.CC.CCC.CCCC(C)CC.CCCN(CCC)C1=C(C)CCC=C1.